The van der Waals surface area contributed by atoms with Crippen molar-refractivity contribution in [3.8, 4) is 5.75 Å². The number of hydrogen-bond donors (Lipinski definition) is 1. The van der Waals surface area contributed by atoms with Crippen LogP contribution in [0.5, 0.6) is 5.75 Å². The summed E-state index contributed by atoms with van der Waals surface area (Å²) in [4.78, 5) is 17.5. The number of halogens is 1. The van der Waals surface area contributed by atoms with Crippen LogP contribution in [0, 0.1) is 5.92 Å². The van der Waals surface area contributed by atoms with Crippen LogP contribution >= 0.6 is 11.6 Å². The van der Waals surface area contributed by atoms with Gasteiger partial charge in [0.05, 0.1) is 22.6 Å². The van der Waals surface area contributed by atoms with E-state index in [-0.39, 0.29) is 29.3 Å². The van der Waals surface area contributed by atoms with Gasteiger partial charge in [-0.25, -0.2) is 8.42 Å². The van der Waals surface area contributed by atoms with E-state index in [1.807, 2.05) is 32.0 Å². The number of sulfonamides is 1. The zero-order chi connectivity index (χ0) is 27.3. The largest absolute Gasteiger partial charge is 0.497 e. The van der Waals surface area contributed by atoms with E-state index >= 15 is 0 Å². The quantitative estimate of drug-likeness (QED) is 0.344. The van der Waals surface area contributed by atoms with Crippen LogP contribution in [-0.4, -0.2) is 46.5 Å². The smallest absolute Gasteiger partial charge is 0.261 e. The van der Waals surface area contributed by atoms with Crippen molar-refractivity contribution in [2.75, 3.05) is 30.8 Å². The molecule has 0 aromatic heterocycles. The zero-order valence-electron chi connectivity index (χ0n) is 22.0. The maximum atomic E-state index is 13.7. The lowest BCUT2D eigenvalue weighted by Gasteiger charge is -2.33. The molecule has 0 bridgehead atoms. The van der Waals surface area contributed by atoms with Gasteiger partial charge in [-0.2, -0.15) is 0 Å². The summed E-state index contributed by atoms with van der Waals surface area (Å²) in [6, 6.07) is 18.4. The van der Waals surface area contributed by atoms with E-state index in [4.69, 9.17) is 16.3 Å². The summed E-state index contributed by atoms with van der Waals surface area (Å²) in [6.45, 7) is 6.40. The minimum atomic E-state index is -3.83. The molecule has 3 aromatic rings. The van der Waals surface area contributed by atoms with E-state index in [1.165, 1.54) is 19.2 Å². The Morgan fingerprint density at radius 1 is 1.00 bits per heavy atom. The van der Waals surface area contributed by atoms with E-state index in [0.29, 0.717) is 22.0 Å². The highest BCUT2D eigenvalue weighted by Gasteiger charge is 2.27. The first-order chi connectivity index (χ1) is 17.4. The fourth-order valence-electron chi connectivity index (χ4n) is 3.91. The molecule has 0 spiro atoms. The third-order valence-electron chi connectivity index (χ3n) is 6.35. The third-order valence-corrected chi connectivity index (χ3v) is 8.07. The Balaban J connectivity index is 1.99. The van der Waals surface area contributed by atoms with Gasteiger partial charge in [0, 0.05) is 38.1 Å². The molecular weight excluding hydrogens is 510 g/mol. The summed E-state index contributed by atoms with van der Waals surface area (Å²) in [5.74, 6) is 0.575. The monoisotopic (exact) mass is 543 g/mol. The summed E-state index contributed by atoms with van der Waals surface area (Å²) in [5.41, 5.74) is 2.51. The van der Waals surface area contributed by atoms with Crippen LogP contribution in [0.1, 0.15) is 36.7 Å². The maximum Gasteiger partial charge on any atom is 0.261 e. The van der Waals surface area contributed by atoms with Gasteiger partial charge in [-0.15, -0.1) is 0 Å². The fraction of sp³-hybridized carbons (Fsp3) is 0.321. The number of nitrogens with one attached hydrogen (secondary N) is 1. The van der Waals surface area contributed by atoms with E-state index in [9.17, 15) is 13.2 Å². The zero-order valence-corrected chi connectivity index (χ0v) is 23.6. The number of carbonyl (C=O) groups excluding carboxylic acids is 1. The minimum absolute atomic E-state index is 0.0987. The lowest BCUT2D eigenvalue weighted by molar-refractivity contribution is 0.0628. The maximum absolute atomic E-state index is 13.7. The number of rotatable bonds is 10. The molecular formula is C28H34ClN3O4S. The fourth-order valence-corrected chi connectivity index (χ4v) is 5.18. The molecule has 0 fully saturated rings. The number of amides is 1. The van der Waals surface area contributed by atoms with Crippen molar-refractivity contribution in [2.24, 2.45) is 5.92 Å². The minimum Gasteiger partial charge on any atom is -0.497 e. The number of anilines is 2. The lowest BCUT2D eigenvalue weighted by Crippen LogP contribution is -2.41. The second kappa shape index (κ2) is 11.9. The molecule has 9 heteroatoms. The van der Waals surface area contributed by atoms with Crippen LogP contribution in [0.2, 0.25) is 5.02 Å². The first-order valence-electron chi connectivity index (χ1n) is 12.0. The highest BCUT2D eigenvalue weighted by Crippen LogP contribution is 2.29. The Bertz CT molecular complexity index is 1340. The standard InChI is InChI=1S/C28H34ClN3O4S/c1-19(2)20(3)32(28(33)25-9-7-8-10-26(25)29)18-21-17-22(11-16-27(21)31(4)5)30-37(34,35)24-14-12-23(36-6)13-15-24/h7-17,19-20,30H,18H2,1-6H3/t20-/m1/s1. The predicted octanol–water partition coefficient (Wildman–Crippen LogP) is 5.90. The molecule has 0 unspecified atom stereocenters. The summed E-state index contributed by atoms with van der Waals surface area (Å²) in [6.07, 6.45) is 0. The Morgan fingerprint density at radius 2 is 1.65 bits per heavy atom. The van der Waals surface area contributed by atoms with E-state index < -0.39 is 10.0 Å². The predicted molar refractivity (Wildman–Crippen MR) is 150 cm³/mol. The third kappa shape index (κ3) is 6.76. The van der Waals surface area contributed by atoms with Crippen LogP contribution in [0.25, 0.3) is 0 Å². The molecule has 1 amide bonds. The van der Waals surface area contributed by atoms with Crippen LogP contribution < -0.4 is 14.4 Å². The summed E-state index contributed by atoms with van der Waals surface area (Å²) in [7, 11) is 1.51. The molecule has 1 N–H and O–H groups in total. The van der Waals surface area contributed by atoms with Gasteiger partial charge in [0.1, 0.15) is 5.75 Å². The highest BCUT2D eigenvalue weighted by molar-refractivity contribution is 7.92. The van der Waals surface area contributed by atoms with Crippen molar-refractivity contribution < 1.29 is 17.9 Å². The molecule has 0 heterocycles. The van der Waals surface area contributed by atoms with Gasteiger partial charge in [0.25, 0.3) is 15.9 Å². The molecule has 3 aromatic carbocycles. The normalized spacial score (nSPS) is 12.2. The molecule has 1 atom stereocenters. The first kappa shape index (κ1) is 28.3. The molecule has 0 aliphatic heterocycles. The van der Waals surface area contributed by atoms with Gasteiger partial charge in [-0.3, -0.25) is 9.52 Å². The van der Waals surface area contributed by atoms with Crippen LogP contribution in [0.3, 0.4) is 0 Å². The van der Waals surface area contributed by atoms with Crippen molar-refractivity contribution in [1.82, 2.24) is 4.90 Å². The van der Waals surface area contributed by atoms with Gasteiger partial charge in [-0.05, 0) is 73.0 Å². The molecule has 0 saturated heterocycles. The first-order valence-corrected chi connectivity index (χ1v) is 13.8. The van der Waals surface area contributed by atoms with Crippen LogP contribution in [0.15, 0.2) is 71.6 Å². The Labute approximate surface area is 225 Å². The molecule has 0 aliphatic carbocycles. The molecule has 0 radical (unpaired) electrons. The molecule has 37 heavy (non-hydrogen) atoms. The molecule has 0 saturated carbocycles. The van der Waals surface area contributed by atoms with Crippen molar-refractivity contribution in [3.63, 3.8) is 0 Å². The molecule has 3 rings (SSSR count). The number of methoxy groups -OCH3 is 1. The van der Waals surface area contributed by atoms with Crippen LogP contribution in [-0.2, 0) is 16.6 Å². The number of hydrogen-bond acceptors (Lipinski definition) is 5. The van der Waals surface area contributed by atoms with Gasteiger partial charge in [0.2, 0.25) is 0 Å². The van der Waals surface area contributed by atoms with Gasteiger partial charge < -0.3 is 14.5 Å². The SMILES string of the molecule is COc1ccc(S(=O)(=O)Nc2ccc(N(C)C)c(CN(C(=O)c3ccccc3Cl)[C@H](C)C(C)C)c2)cc1. The van der Waals surface area contributed by atoms with Gasteiger partial charge in [-0.1, -0.05) is 37.6 Å². The topological polar surface area (TPSA) is 79.0 Å². The van der Waals surface area contributed by atoms with Crippen molar-refractivity contribution in [3.05, 3.63) is 82.9 Å². The van der Waals surface area contributed by atoms with E-state index in [1.54, 1.807) is 53.4 Å². The molecule has 7 nitrogen and oxygen atoms in total. The van der Waals surface area contributed by atoms with Gasteiger partial charge in [0.15, 0.2) is 0 Å². The van der Waals surface area contributed by atoms with Crippen LogP contribution in [0.4, 0.5) is 11.4 Å². The lowest BCUT2D eigenvalue weighted by atomic mass is 10.0. The van der Waals surface area contributed by atoms with Crippen molar-refractivity contribution in [2.45, 2.75) is 38.3 Å². The Hall–Kier alpha value is -3.23. The molecule has 0 aliphatic rings. The average Bonchev–Trinajstić information content (AvgIpc) is 2.86. The number of benzene rings is 3. The van der Waals surface area contributed by atoms with Gasteiger partial charge >= 0.3 is 0 Å². The van der Waals surface area contributed by atoms with Crippen molar-refractivity contribution >= 4 is 38.9 Å². The van der Waals surface area contributed by atoms with E-state index in [2.05, 4.69) is 18.6 Å². The van der Waals surface area contributed by atoms with Crippen molar-refractivity contribution in [1.29, 1.82) is 0 Å². The summed E-state index contributed by atoms with van der Waals surface area (Å²) >= 11 is 6.37. The molecule has 198 valence electrons. The average molecular weight is 544 g/mol. The summed E-state index contributed by atoms with van der Waals surface area (Å²) < 4.78 is 33.9. The number of ether oxygens (including phenoxy) is 1. The second-order valence-electron chi connectivity index (χ2n) is 9.42. The van der Waals surface area contributed by atoms with E-state index in [0.717, 1.165) is 11.3 Å². The Kier molecular flexibility index (Phi) is 9.10. The highest BCUT2D eigenvalue weighted by atomic mass is 35.5. The summed E-state index contributed by atoms with van der Waals surface area (Å²) in [5, 5.41) is 0.391. The number of carbonyl (C=O) groups is 1. The number of nitrogens with zero attached hydrogens (tertiary/aromatic N) is 2. The second-order valence-corrected chi connectivity index (χ2v) is 11.5. The Morgan fingerprint density at radius 3 is 2.22 bits per heavy atom.